The van der Waals surface area contributed by atoms with Crippen molar-refractivity contribution in [2.45, 2.75) is 13.8 Å². The molecule has 0 amide bonds. The molecule has 0 spiro atoms. The molecule has 0 bridgehead atoms. The molecule has 0 aliphatic heterocycles. The lowest BCUT2D eigenvalue weighted by Gasteiger charge is -2.15. The number of rotatable bonds is 4. The Morgan fingerprint density at radius 2 is 1.84 bits per heavy atom. The predicted molar refractivity (Wildman–Crippen MR) is 81.9 cm³/mol. The molecule has 0 radical (unpaired) electrons. The molecule has 2 aromatic rings. The Balaban J connectivity index is 2.20. The fourth-order valence-electron chi connectivity index (χ4n) is 1.91. The van der Waals surface area contributed by atoms with E-state index in [1.807, 2.05) is 24.3 Å². The van der Waals surface area contributed by atoms with Gasteiger partial charge in [0.25, 0.3) is 0 Å². The molecule has 0 saturated carbocycles. The lowest BCUT2D eigenvalue weighted by molar-refractivity contribution is 1.28. The first kappa shape index (κ1) is 13.1. The molecule has 2 nitrogen and oxygen atoms in total. The highest BCUT2D eigenvalue weighted by molar-refractivity contribution is 5.81. The van der Waals surface area contributed by atoms with Gasteiger partial charge in [0.1, 0.15) is 5.82 Å². The van der Waals surface area contributed by atoms with E-state index in [9.17, 15) is 0 Å². The first-order chi connectivity index (χ1) is 9.09. The topological polar surface area (TPSA) is 24.9 Å². The van der Waals surface area contributed by atoms with Gasteiger partial charge >= 0.3 is 0 Å². The first-order valence-electron chi connectivity index (χ1n) is 6.22. The molecule has 0 saturated heterocycles. The Morgan fingerprint density at radius 1 is 1.05 bits per heavy atom. The second-order valence-electron chi connectivity index (χ2n) is 4.54. The minimum Gasteiger partial charge on any atom is -0.340 e. The second kappa shape index (κ2) is 5.53. The fourth-order valence-corrected chi connectivity index (χ4v) is 1.91. The Bertz CT molecular complexity index is 612. The highest BCUT2D eigenvalue weighted by Crippen LogP contribution is 2.25. The van der Waals surface area contributed by atoms with E-state index in [1.54, 1.807) is 6.20 Å². The third-order valence-corrected chi connectivity index (χ3v) is 3.24. The molecule has 0 atom stereocenters. The maximum absolute atomic E-state index is 4.22. The lowest BCUT2D eigenvalue weighted by Crippen LogP contribution is -2.03. The van der Waals surface area contributed by atoms with Gasteiger partial charge in [-0.3, -0.25) is 0 Å². The molecule has 96 valence electrons. The van der Waals surface area contributed by atoms with Crippen LogP contribution in [0, 0.1) is 13.8 Å². The van der Waals surface area contributed by atoms with Crippen LogP contribution in [0.5, 0.6) is 0 Å². The Hall–Kier alpha value is -2.35. The maximum Gasteiger partial charge on any atom is 0.130 e. The van der Waals surface area contributed by atoms with Crippen LogP contribution in [-0.4, -0.2) is 4.98 Å². The van der Waals surface area contributed by atoms with E-state index in [0.717, 1.165) is 22.7 Å². The van der Waals surface area contributed by atoms with Crippen molar-refractivity contribution in [3.63, 3.8) is 0 Å². The molecule has 1 N–H and O–H groups in total. The van der Waals surface area contributed by atoms with Crippen LogP contribution < -0.4 is 5.32 Å². The van der Waals surface area contributed by atoms with E-state index >= 15 is 0 Å². The number of anilines is 1. The zero-order valence-electron chi connectivity index (χ0n) is 11.4. The van der Waals surface area contributed by atoms with Gasteiger partial charge in [0.2, 0.25) is 0 Å². The number of benzene rings is 1. The second-order valence-corrected chi connectivity index (χ2v) is 4.54. The summed E-state index contributed by atoms with van der Waals surface area (Å²) in [6.45, 7) is 12.4. The number of allylic oxidation sites excluding steroid dienone is 1. The third-order valence-electron chi connectivity index (χ3n) is 3.24. The van der Waals surface area contributed by atoms with Crippen molar-refractivity contribution in [1.29, 1.82) is 0 Å². The summed E-state index contributed by atoms with van der Waals surface area (Å²) in [7, 11) is 0. The smallest absolute Gasteiger partial charge is 0.130 e. The van der Waals surface area contributed by atoms with Crippen molar-refractivity contribution in [3.05, 3.63) is 78.1 Å². The molecule has 0 aliphatic carbocycles. The zero-order chi connectivity index (χ0) is 13.8. The van der Waals surface area contributed by atoms with Crippen molar-refractivity contribution in [3.8, 4) is 0 Å². The minimum absolute atomic E-state index is 0.771. The first-order valence-corrected chi connectivity index (χ1v) is 6.22. The van der Waals surface area contributed by atoms with Gasteiger partial charge in [-0.15, -0.1) is 0 Å². The normalized spacial score (nSPS) is 10.0. The van der Waals surface area contributed by atoms with E-state index in [2.05, 4.69) is 49.4 Å². The van der Waals surface area contributed by atoms with E-state index in [-0.39, 0.29) is 0 Å². The molecule has 0 aliphatic rings. The highest BCUT2D eigenvalue weighted by Gasteiger charge is 2.08. The summed E-state index contributed by atoms with van der Waals surface area (Å²) in [5.41, 5.74) is 5.27. The van der Waals surface area contributed by atoms with Gasteiger partial charge in [-0.25, -0.2) is 4.98 Å². The summed E-state index contributed by atoms with van der Waals surface area (Å²) in [6, 6.07) is 11.9. The number of aryl methyl sites for hydroxylation is 1. The summed E-state index contributed by atoms with van der Waals surface area (Å²) in [4.78, 5) is 4.22. The monoisotopic (exact) mass is 250 g/mol. The standard InChI is InChI=1S/C17H18N2/c1-12-8-7-9-16(13(12)2)14(3)15(4)19-17-10-5-6-11-18-17/h5-11H,3-4H2,1-2H3,(H,18,19). The average Bonchev–Trinajstić information content (AvgIpc) is 2.42. The summed E-state index contributed by atoms with van der Waals surface area (Å²) < 4.78 is 0. The molecular weight excluding hydrogens is 232 g/mol. The van der Waals surface area contributed by atoms with Gasteiger partial charge in [0.05, 0.1) is 0 Å². The van der Waals surface area contributed by atoms with E-state index in [0.29, 0.717) is 0 Å². The Labute approximate surface area is 114 Å². The van der Waals surface area contributed by atoms with E-state index in [1.165, 1.54) is 11.1 Å². The molecule has 1 aromatic carbocycles. The van der Waals surface area contributed by atoms with Gasteiger partial charge in [0, 0.05) is 11.9 Å². The SMILES string of the molecule is C=C(Nc1ccccn1)C(=C)c1cccc(C)c1C. The summed E-state index contributed by atoms with van der Waals surface area (Å²) in [5.74, 6) is 0.777. The van der Waals surface area contributed by atoms with Crippen LogP contribution in [-0.2, 0) is 0 Å². The number of nitrogens with zero attached hydrogens (tertiary/aromatic N) is 1. The average molecular weight is 250 g/mol. The van der Waals surface area contributed by atoms with E-state index in [4.69, 9.17) is 0 Å². The van der Waals surface area contributed by atoms with Gasteiger partial charge in [-0.1, -0.05) is 37.4 Å². The summed E-state index contributed by atoms with van der Waals surface area (Å²) in [6.07, 6.45) is 1.75. The molecular formula is C17H18N2. The van der Waals surface area contributed by atoms with Crippen LogP contribution in [0.2, 0.25) is 0 Å². The van der Waals surface area contributed by atoms with Gasteiger partial charge in [0.15, 0.2) is 0 Å². The highest BCUT2D eigenvalue weighted by atomic mass is 15.0. The van der Waals surface area contributed by atoms with Crippen LogP contribution in [0.15, 0.2) is 61.4 Å². The number of hydrogen-bond donors (Lipinski definition) is 1. The molecule has 2 rings (SSSR count). The molecule has 2 heteroatoms. The van der Waals surface area contributed by atoms with Crippen molar-refractivity contribution in [1.82, 2.24) is 4.98 Å². The van der Waals surface area contributed by atoms with Crippen LogP contribution in [0.4, 0.5) is 5.82 Å². The third kappa shape index (κ3) is 2.91. The Kier molecular flexibility index (Phi) is 3.81. The van der Waals surface area contributed by atoms with Crippen LogP contribution >= 0.6 is 0 Å². The van der Waals surface area contributed by atoms with Crippen molar-refractivity contribution >= 4 is 11.4 Å². The molecule has 0 fully saturated rings. The largest absolute Gasteiger partial charge is 0.340 e. The van der Waals surface area contributed by atoms with Crippen molar-refractivity contribution in [2.24, 2.45) is 0 Å². The zero-order valence-corrected chi connectivity index (χ0v) is 11.4. The maximum atomic E-state index is 4.22. The van der Waals surface area contributed by atoms with Crippen LogP contribution in [0.3, 0.4) is 0 Å². The number of pyridine rings is 1. The quantitative estimate of drug-likeness (QED) is 0.817. The summed E-state index contributed by atoms with van der Waals surface area (Å²) >= 11 is 0. The van der Waals surface area contributed by atoms with Gasteiger partial charge in [-0.05, 0) is 48.2 Å². The molecule has 1 aromatic heterocycles. The van der Waals surface area contributed by atoms with Gasteiger partial charge in [-0.2, -0.15) is 0 Å². The minimum atomic E-state index is 0.771. The fraction of sp³-hybridized carbons (Fsp3) is 0.118. The molecule has 0 unspecified atom stereocenters. The number of hydrogen-bond acceptors (Lipinski definition) is 2. The number of nitrogens with one attached hydrogen (secondary N) is 1. The van der Waals surface area contributed by atoms with Crippen LogP contribution in [0.1, 0.15) is 16.7 Å². The lowest BCUT2D eigenvalue weighted by atomic mass is 9.96. The summed E-state index contributed by atoms with van der Waals surface area (Å²) in [5, 5.41) is 3.18. The number of aromatic nitrogens is 1. The van der Waals surface area contributed by atoms with E-state index < -0.39 is 0 Å². The Morgan fingerprint density at radius 3 is 2.53 bits per heavy atom. The van der Waals surface area contributed by atoms with Gasteiger partial charge < -0.3 is 5.32 Å². The predicted octanol–water partition coefficient (Wildman–Crippen LogP) is 4.34. The van der Waals surface area contributed by atoms with Crippen LogP contribution in [0.25, 0.3) is 5.57 Å². The molecule has 19 heavy (non-hydrogen) atoms. The van der Waals surface area contributed by atoms with Crippen molar-refractivity contribution in [2.75, 3.05) is 5.32 Å². The molecule has 1 heterocycles. The van der Waals surface area contributed by atoms with Crippen molar-refractivity contribution < 1.29 is 0 Å².